The third kappa shape index (κ3) is 2.95. The summed E-state index contributed by atoms with van der Waals surface area (Å²) >= 11 is 0. The molecule has 2 atom stereocenters. The van der Waals surface area contributed by atoms with E-state index >= 15 is 0 Å². The van der Waals surface area contributed by atoms with E-state index in [2.05, 4.69) is 22.1 Å². The Kier molecular flexibility index (Phi) is 4.51. The van der Waals surface area contributed by atoms with Gasteiger partial charge in [0.1, 0.15) is 5.82 Å². The number of hydrogen-bond acceptors (Lipinski definition) is 4. The molecule has 1 aliphatic heterocycles. The van der Waals surface area contributed by atoms with Gasteiger partial charge in [-0.2, -0.15) is 0 Å². The lowest BCUT2D eigenvalue weighted by Gasteiger charge is -2.32. The van der Waals surface area contributed by atoms with Crippen molar-refractivity contribution in [2.75, 3.05) is 18.0 Å². The zero-order valence-corrected chi connectivity index (χ0v) is 12.5. The first kappa shape index (κ1) is 13.8. The molecule has 1 saturated carbocycles. The monoisotopic (exact) mass is 274 g/mol. The molecule has 2 unspecified atom stereocenters. The summed E-state index contributed by atoms with van der Waals surface area (Å²) in [6, 6.07) is 0.719. The fraction of sp³-hybridized carbons (Fsp3) is 0.750. The second-order valence-electron chi connectivity index (χ2n) is 6.14. The molecule has 2 aliphatic rings. The van der Waals surface area contributed by atoms with Crippen molar-refractivity contribution in [3.8, 4) is 0 Å². The van der Waals surface area contributed by atoms with Crippen LogP contribution >= 0.6 is 0 Å². The Morgan fingerprint density at radius 2 is 2.15 bits per heavy atom. The number of nitrogens with zero attached hydrogens (tertiary/aromatic N) is 3. The zero-order chi connectivity index (χ0) is 13.8. The van der Waals surface area contributed by atoms with Gasteiger partial charge in [0, 0.05) is 25.3 Å². The summed E-state index contributed by atoms with van der Waals surface area (Å²) in [5.74, 6) is 1.99. The van der Waals surface area contributed by atoms with Crippen LogP contribution in [0.3, 0.4) is 0 Å². The minimum Gasteiger partial charge on any atom is -0.352 e. The largest absolute Gasteiger partial charge is 0.352 e. The fourth-order valence-corrected chi connectivity index (χ4v) is 3.70. The molecule has 1 N–H and O–H groups in total. The lowest BCUT2D eigenvalue weighted by molar-refractivity contribution is 0.341. The lowest BCUT2D eigenvalue weighted by atomic mass is 9.85. The zero-order valence-electron chi connectivity index (χ0n) is 12.5. The van der Waals surface area contributed by atoms with E-state index in [0.717, 1.165) is 49.5 Å². The van der Waals surface area contributed by atoms with Crippen LogP contribution in [0.1, 0.15) is 51.1 Å². The number of aromatic nitrogens is 2. The summed E-state index contributed by atoms with van der Waals surface area (Å²) in [7, 11) is 0. The highest BCUT2D eigenvalue weighted by Gasteiger charge is 2.36. The van der Waals surface area contributed by atoms with Crippen LogP contribution in [0.5, 0.6) is 0 Å². The standard InChI is InChI=1S/C16H26N4/c1-2-8-17-10-14-11-18-12-16(19-14)20-9-7-13-5-3-4-6-15(13)20/h11-13,15,17H,2-10H2,1H3. The Bertz CT molecular complexity index is 434. The summed E-state index contributed by atoms with van der Waals surface area (Å²) in [5.41, 5.74) is 1.07. The maximum atomic E-state index is 4.82. The first-order valence-electron chi connectivity index (χ1n) is 8.16. The van der Waals surface area contributed by atoms with Gasteiger partial charge >= 0.3 is 0 Å². The Labute approximate surface area is 122 Å². The third-order valence-corrected chi connectivity index (χ3v) is 4.71. The van der Waals surface area contributed by atoms with Crippen molar-refractivity contribution in [1.29, 1.82) is 0 Å². The molecule has 0 bridgehead atoms. The molecule has 0 radical (unpaired) electrons. The average Bonchev–Trinajstić information content (AvgIpc) is 2.92. The molecule has 1 saturated heterocycles. The molecule has 2 fully saturated rings. The van der Waals surface area contributed by atoms with E-state index in [4.69, 9.17) is 4.98 Å². The number of anilines is 1. The summed E-state index contributed by atoms with van der Waals surface area (Å²) in [4.78, 5) is 11.7. The van der Waals surface area contributed by atoms with Crippen molar-refractivity contribution < 1.29 is 0 Å². The van der Waals surface area contributed by atoms with Gasteiger partial charge in [0.25, 0.3) is 0 Å². The molecule has 3 rings (SSSR count). The van der Waals surface area contributed by atoms with E-state index in [0.29, 0.717) is 0 Å². The van der Waals surface area contributed by atoms with Gasteiger partial charge in [-0.3, -0.25) is 4.98 Å². The highest BCUT2D eigenvalue weighted by Crippen LogP contribution is 2.37. The van der Waals surface area contributed by atoms with Crippen molar-refractivity contribution in [2.24, 2.45) is 5.92 Å². The van der Waals surface area contributed by atoms with Crippen LogP contribution in [0.25, 0.3) is 0 Å². The fourth-order valence-electron chi connectivity index (χ4n) is 3.70. The van der Waals surface area contributed by atoms with Gasteiger partial charge < -0.3 is 10.2 Å². The van der Waals surface area contributed by atoms with Crippen molar-refractivity contribution >= 4 is 5.82 Å². The molecule has 1 aromatic rings. The van der Waals surface area contributed by atoms with E-state index in [1.165, 1.54) is 32.1 Å². The van der Waals surface area contributed by atoms with Crippen LogP contribution in [0.15, 0.2) is 12.4 Å². The minimum absolute atomic E-state index is 0.719. The van der Waals surface area contributed by atoms with Gasteiger partial charge in [-0.05, 0) is 38.1 Å². The molecule has 0 aromatic carbocycles. The van der Waals surface area contributed by atoms with Crippen molar-refractivity contribution in [3.05, 3.63) is 18.1 Å². The van der Waals surface area contributed by atoms with Crippen LogP contribution < -0.4 is 10.2 Å². The molecule has 20 heavy (non-hydrogen) atoms. The van der Waals surface area contributed by atoms with Crippen molar-refractivity contribution in [2.45, 2.75) is 58.0 Å². The first-order valence-corrected chi connectivity index (χ1v) is 8.16. The normalized spacial score (nSPS) is 25.8. The summed E-state index contributed by atoms with van der Waals surface area (Å²) in [6.45, 7) is 5.22. The molecule has 1 aromatic heterocycles. The van der Waals surface area contributed by atoms with Crippen molar-refractivity contribution in [3.63, 3.8) is 0 Å². The quantitative estimate of drug-likeness (QED) is 0.838. The number of nitrogens with one attached hydrogen (secondary N) is 1. The molecular formula is C16H26N4. The predicted molar refractivity (Wildman–Crippen MR) is 81.7 cm³/mol. The van der Waals surface area contributed by atoms with E-state index in [9.17, 15) is 0 Å². The van der Waals surface area contributed by atoms with Gasteiger partial charge in [-0.1, -0.05) is 19.8 Å². The van der Waals surface area contributed by atoms with Gasteiger partial charge in [-0.15, -0.1) is 0 Å². The first-order chi connectivity index (χ1) is 9.88. The maximum Gasteiger partial charge on any atom is 0.147 e. The molecule has 0 spiro atoms. The molecule has 2 heterocycles. The highest BCUT2D eigenvalue weighted by atomic mass is 15.2. The van der Waals surface area contributed by atoms with Gasteiger partial charge in [0.15, 0.2) is 0 Å². The van der Waals surface area contributed by atoms with Crippen LogP contribution in [0.4, 0.5) is 5.82 Å². The minimum atomic E-state index is 0.719. The second kappa shape index (κ2) is 6.53. The van der Waals surface area contributed by atoms with Crippen LogP contribution in [-0.4, -0.2) is 29.1 Å². The number of fused-ring (bicyclic) bond motifs is 1. The van der Waals surface area contributed by atoms with Crippen molar-refractivity contribution in [1.82, 2.24) is 15.3 Å². The SMILES string of the molecule is CCCNCc1cncc(N2CCC3CCCCC32)n1. The smallest absolute Gasteiger partial charge is 0.147 e. The van der Waals surface area contributed by atoms with Crippen LogP contribution in [-0.2, 0) is 6.54 Å². The Morgan fingerprint density at radius 3 is 3.05 bits per heavy atom. The number of hydrogen-bond donors (Lipinski definition) is 1. The van der Waals surface area contributed by atoms with Gasteiger partial charge in [0.2, 0.25) is 0 Å². The van der Waals surface area contributed by atoms with E-state index in [1.807, 2.05) is 12.4 Å². The van der Waals surface area contributed by atoms with Gasteiger partial charge in [-0.25, -0.2) is 4.98 Å². The van der Waals surface area contributed by atoms with Crippen LogP contribution in [0.2, 0.25) is 0 Å². The summed E-state index contributed by atoms with van der Waals surface area (Å²) in [6.07, 6.45) is 11.9. The Balaban J connectivity index is 1.68. The Morgan fingerprint density at radius 1 is 1.25 bits per heavy atom. The highest BCUT2D eigenvalue weighted by molar-refractivity contribution is 5.40. The summed E-state index contributed by atoms with van der Waals surface area (Å²) in [5, 5.41) is 3.40. The van der Waals surface area contributed by atoms with Crippen LogP contribution in [0, 0.1) is 5.92 Å². The third-order valence-electron chi connectivity index (χ3n) is 4.71. The Hall–Kier alpha value is -1.16. The average molecular weight is 274 g/mol. The van der Waals surface area contributed by atoms with E-state index in [-0.39, 0.29) is 0 Å². The van der Waals surface area contributed by atoms with Gasteiger partial charge in [0.05, 0.1) is 11.9 Å². The molecule has 1 aliphatic carbocycles. The predicted octanol–water partition coefficient (Wildman–Crippen LogP) is 2.75. The molecule has 0 amide bonds. The molecule has 4 heteroatoms. The maximum absolute atomic E-state index is 4.82. The second-order valence-corrected chi connectivity index (χ2v) is 6.14. The molecule has 4 nitrogen and oxygen atoms in total. The van der Waals surface area contributed by atoms with E-state index in [1.54, 1.807) is 0 Å². The molecular weight excluding hydrogens is 248 g/mol. The topological polar surface area (TPSA) is 41.1 Å². The molecule has 110 valence electrons. The summed E-state index contributed by atoms with van der Waals surface area (Å²) < 4.78 is 0. The van der Waals surface area contributed by atoms with E-state index < -0.39 is 0 Å². The number of rotatable bonds is 5. The lowest BCUT2D eigenvalue weighted by Crippen LogP contribution is -2.35.